The molecule has 4 nitrogen and oxygen atoms in total. The van der Waals surface area contributed by atoms with Gasteiger partial charge >= 0.3 is 5.97 Å². The van der Waals surface area contributed by atoms with Gasteiger partial charge in [0.1, 0.15) is 6.10 Å². The van der Waals surface area contributed by atoms with Crippen molar-refractivity contribution in [2.75, 3.05) is 0 Å². The topological polar surface area (TPSA) is 60.4 Å². The van der Waals surface area contributed by atoms with Gasteiger partial charge in [-0.05, 0) is 25.1 Å². The van der Waals surface area contributed by atoms with Crippen LogP contribution in [0, 0.1) is 0 Å². The zero-order chi connectivity index (χ0) is 12.9. The van der Waals surface area contributed by atoms with Crippen molar-refractivity contribution in [2.45, 2.75) is 24.8 Å². The summed E-state index contributed by atoms with van der Waals surface area (Å²) in [6, 6.07) is 8.06. The summed E-state index contributed by atoms with van der Waals surface area (Å²) in [6.45, 7) is 2.87. The summed E-state index contributed by atoms with van der Waals surface area (Å²) in [6.07, 6.45) is 0.773. The molecule has 0 amide bonds. The molecule has 0 aromatic heterocycles. The third-order valence-corrected chi connectivity index (χ3v) is 3.40. The van der Waals surface area contributed by atoms with Gasteiger partial charge in [-0.1, -0.05) is 18.2 Å². The fraction of sp³-hybridized carbons (Fsp3) is 0.250. The molecule has 5 heteroatoms. The molecule has 1 unspecified atom stereocenters. The van der Waals surface area contributed by atoms with E-state index in [0.29, 0.717) is 0 Å². The van der Waals surface area contributed by atoms with Crippen LogP contribution in [0.4, 0.5) is 0 Å². The van der Waals surface area contributed by atoms with Crippen molar-refractivity contribution in [2.24, 2.45) is 0 Å². The summed E-state index contributed by atoms with van der Waals surface area (Å²) in [5, 5.41) is 1.05. The Labute approximate surface area is 101 Å². The average Bonchev–Trinajstić information content (AvgIpc) is 2.27. The van der Waals surface area contributed by atoms with Crippen molar-refractivity contribution >= 4 is 15.8 Å². The first-order chi connectivity index (χ1) is 7.92. The smallest absolute Gasteiger partial charge is 0.303 e. The summed E-state index contributed by atoms with van der Waals surface area (Å²) in [7, 11) is -3.46. The van der Waals surface area contributed by atoms with Gasteiger partial charge in [0, 0.05) is 12.3 Å². The molecule has 1 atom stereocenters. The number of carbonyl (C=O) groups is 1. The Bertz CT molecular complexity index is 503. The van der Waals surface area contributed by atoms with Crippen LogP contribution in [0.5, 0.6) is 0 Å². The maximum Gasteiger partial charge on any atom is 0.303 e. The Kier molecular flexibility index (Phi) is 4.45. The van der Waals surface area contributed by atoms with Crippen LogP contribution in [0.1, 0.15) is 13.8 Å². The molecule has 0 bridgehead atoms. The Morgan fingerprint density at radius 3 is 2.41 bits per heavy atom. The molecule has 92 valence electrons. The highest BCUT2D eigenvalue weighted by Gasteiger charge is 2.10. The van der Waals surface area contributed by atoms with E-state index >= 15 is 0 Å². The average molecular weight is 254 g/mol. The summed E-state index contributed by atoms with van der Waals surface area (Å²) in [4.78, 5) is 10.9. The number of carbonyl (C=O) groups excluding carboxylic acids is 1. The summed E-state index contributed by atoms with van der Waals surface area (Å²) in [5.74, 6) is -0.445. The van der Waals surface area contributed by atoms with E-state index in [-0.39, 0.29) is 4.90 Å². The van der Waals surface area contributed by atoms with Gasteiger partial charge < -0.3 is 4.74 Å². The van der Waals surface area contributed by atoms with Gasteiger partial charge in [-0.25, -0.2) is 8.42 Å². The van der Waals surface area contributed by atoms with Crippen LogP contribution in [0.25, 0.3) is 0 Å². The fourth-order valence-corrected chi connectivity index (χ4v) is 2.33. The number of hydrogen-bond donors (Lipinski definition) is 0. The second kappa shape index (κ2) is 5.63. The van der Waals surface area contributed by atoms with E-state index < -0.39 is 21.9 Å². The van der Waals surface area contributed by atoms with Crippen LogP contribution in [-0.4, -0.2) is 20.5 Å². The maximum absolute atomic E-state index is 11.8. The molecule has 0 aliphatic heterocycles. The Hall–Kier alpha value is -1.62. The van der Waals surface area contributed by atoms with Crippen LogP contribution in [0.3, 0.4) is 0 Å². The molecule has 0 N–H and O–H groups in total. The summed E-state index contributed by atoms with van der Waals surface area (Å²) >= 11 is 0. The monoisotopic (exact) mass is 254 g/mol. The molecule has 0 aliphatic rings. The molecule has 0 heterocycles. The number of hydrogen-bond acceptors (Lipinski definition) is 4. The van der Waals surface area contributed by atoms with Crippen molar-refractivity contribution < 1.29 is 17.9 Å². The molecule has 1 aromatic rings. The Morgan fingerprint density at radius 1 is 1.29 bits per heavy atom. The highest BCUT2D eigenvalue weighted by Crippen LogP contribution is 2.11. The molecule has 0 fully saturated rings. The van der Waals surface area contributed by atoms with E-state index in [1.807, 2.05) is 0 Å². The first-order valence-corrected chi connectivity index (χ1v) is 6.62. The lowest BCUT2D eigenvalue weighted by Gasteiger charge is -2.06. The highest BCUT2D eigenvalue weighted by molar-refractivity contribution is 7.94. The van der Waals surface area contributed by atoms with Crippen molar-refractivity contribution in [3.8, 4) is 0 Å². The SMILES string of the molecule is CC(=O)OC(C)/C=C\S(=O)(=O)c1ccccc1. The van der Waals surface area contributed by atoms with E-state index in [4.69, 9.17) is 4.74 Å². The lowest BCUT2D eigenvalue weighted by molar-refractivity contribution is -0.143. The zero-order valence-corrected chi connectivity index (χ0v) is 10.5. The molecule has 0 radical (unpaired) electrons. The van der Waals surface area contributed by atoms with Crippen LogP contribution >= 0.6 is 0 Å². The second-order valence-electron chi connectivity index (χ2n) is 3.50. The van der Waals surface area contributed by atoms with Crippen molar-refractivity contribution in [3.63, 3.8) is 0 Å². The number of sulfone groups is 1. The minimum Gasteiger partial charge on any atom is -0.459 e. The van der Waals surface area contributed by atoms with Crippen molar-refractivity contribution in [1.29, 1.82) is 0 Å². The van der Waals surface area contributed by atoms with Crippen molar-refractivity contribution in [3.05, 3.63) is 41.8 Å². The van der Waals surface area contributed by atoms with Gasteiger partial charge in [-0.2, -0.15) is 0 Å². The molecule has 0 aliphatic carbocycles. The van der Waals surface area contributed by atoms with Gasteiger partial charge in [0.15, 0.2) is 9.84 Å². The molecule has 0 saturated heterocycles. The normalized spacial score (nSPS) is 13.5. The number of benzene rings is 1. The van der Waals surface area contributed by atoms with Crippen LogP contribution in [0.2, 0.25) is 0 Å². The highest BCUT2D eigenvalue weighted by atomic mass is 32.2. The standard InChI is InChI=1S/C12H14O4S/c1-10(16-11(2)13)8-9-17(14,15)12-6-4-3-5-7-12/h3-10H,1-2H3/b9-8-. The van der Waals surface area contributed by atoms with Crippen molar-refractivity contribution in [1.82, 2.24) is 0 Å². The quantitative estimate of drug-likeness (QED) is 0.770. The van der Waals surface area contributed by atoms with Crippen LogP contribution < -0.4 is 0 Å². The molecule has 0 saturated carbocycles. The van der Waals surface area contributed by atoms with Gasteiger partial charge in [-0.3, -0.25) is 4.79 Å². The fourth-order valence-electron chi connectivity index (χ4n) is 1.20. The van der Waals surface area contributed by atoms with E-state index in [2.05, 4.69) is 0 Å². The van der Waals surface area contributed by atoms with Gasteiger partial charge in [0.2, 0.25) is 0 Å². The van der Waals surface area contributed by atoms with E-state index in [1.54, 1.807) is 25.1 Å². The number of rotatable bonds is 4. The second-order valence-corrected chi connectivity index (χ2v) is 5.33. The third kappa shape index (κ3) is 4.40. The molecule has 1 rings (SSSR count). The molecular formula is C12H14O4S. The van der Waals surface area contributed by atoms with Crippen LogP contribution in [0.15, 0.2) is 46.7 Å². The Morgan fingerprint density at radius 2 is 1.88 bits per heavy atom. The molecule has 17 heavy (non-hydrogen) atoms. The first kappa shape index (κ1) is 13.4. The van der Waals surface area contributed by atoms with Gasteiger partial charge in [0.05, 0.1) is 4.90 Å². The molecule has 1 aromatic carbocycles. The predicted molar refractivity (Wildman–Crippen MR) is 64.0 cm³/mol. The van der Waals surface area contributed by atoms with E-state index in [9.17, 15) is 13.2 Å². The third-order valence-electron chi connectivity index (χ3n) is 1.95. The van der Waals surface area contributed by atoms with Gasteiger partial charge in [0.25, 0.3) is 0 Å². The minimum atomic E-state index is -3.46. The Balaban J connectivity index is 2.81. The summed E-state index contributed by atoms with van der Waals surface area (Å²) < 4.78 is 28.4. The van der Waals surface area contributed by atoms with E-state index in [1.165, 1.54) is 25.1 Å². The predicted octanol–water partition coefficient (Wildman–Crippen LogP) is 1.93. The number of ether oxygens (including phenoxy) is 1. The molecular weight excluding hydrogens is 240 g/mol. The first-order valence-electron chi connectivity index (χ1n) is 5.07. The number of esters is 1. The van der Waals surface area contributed by atoms with Gasteiger partial charge in [-0.15, -0.1) is 0 Å². The van der Waals surface area contributed by atoms with Crippen LogP contribution in [-0.2, 0) is 19.4 Å². The zero-order valence-electron chi connectivity index (χ0n) is 9.66. The summed E-state index contributed by atoms with van der Waals surface area (Å²) in [5.41, 5.74) is 0. The maximum atomic E-state index is 11.8. The minimum absolute atomic E-state index is 0.214. The lowest BCUT2D eigenvalue weighted by Crippen LogP contribution is -2.09. The van der Waals surface area contributed by atoms with E-state index in [0.717, 1.165) is 5.41 Å². The lowest BCUT2D eigenvalue weighted by atomic mass is 10.4. The molecule has 0 spiro atoms. The largest absolute Gasteiger partial charge is 0.459 e.